The number of nitrogens with two attached hydrogens (primary N) is 1. The van der Waals surface area contributed by atoms with Crippen LogP contribution in [0.5, 0.6) is 0 Å². The summed E-state index contributed by atoms with van der Waals surface area (Å²) in [6.07, 6.45) is 1.72. The molecule has 2 nitrogen and oxygen atoms in total. The minimum atomic E-state index is 0.415. The van der Waals surface area contributed by atoms with Crippen LogP contribution in [0, 0.1) is 0 Å². The predicted molar refractivity (Wildman–Crippen MR) is 57.6 cm³/mol. The van der Waals surface area contributed by atoms with Crippen molar-refractivity contribution in [1.82, 2.24) is 4.98 Å². The van der Waals surface area contributed by atoms with E-state index in [2.05, 4.69) is 4.98 Å². The van der Waals surface area contributed by atoms with Gasteiger partial charge in [0, 0.05) is 17.1 Å². The third-order valence-electron chi connectivity index (χ3n) is 1.91. The van der Waals surface area contributed by atoms with Gasteiger partial charge in [0.15, 0.2) is 0 Å². The van der Waals surface area contributed by atoms with E-state index in [9.17, 15) is 0 Å². The molecule has 2 aromatic rings. The summed E-state index contributed by atoms with van der Waals surface area (Å²) in [6.45, 7) is 0. The fraction of sp³-hybridized carbons (Fsp3) is 0. The maximum Gasteiger partial charge on any atom is 0.104 e. The zero-order valence-electron chi connectivity index (χ0n) is 6.90. The average Bonchev–Trinajstić information content (AvgIpc) is 2.17. The summed E-state index contributed by atoms with van der Waals surface area (Å²) in [5, 5.41) is 1.01. The molecule has 0 saturated carbocycles. The van der Waals surface area contributed by atoms with Crippen LogP contribution in [0.4, 0.5) is 0 Å². The summed E-state index contributed by atoms with van der Waals surface area (Å²) in [5.74, 6) is 0. The second kappa shape index (κ2) is 3.11. The summed E-state index contributed by atoms with van der Waals surface area (Å²) in [6, 6.07) is 9.64. The molecule has 0 aliphatic rings. The van der Waals surface area contributed by atoms with E-state index in [-0.39, 0.29) is 0 Å². The Bertz CT molecular complexity index is 460. The van der Waals surface area contributed by atoms with E-state index in [1.54, 1.807) is 6.20 Å². The van der Waals surface area contributed by atoms with Gasteiger partial charge in [0.25, 0.3) is 0 Å². The highest BCUT2D eigenvalue weighted by molar-refractivity contribution is 7.80. The normalized spacial score (nSPS) is 10.2. The Labute approximate surface area is 81.4 Å². The lowest BCUT2D eigenvalue weighted by Crippen LogP contribution is -2.09. The van der Waals surface area contributed by atoms with Crippen LogP contribution >= 0.6 is 12.2 Å². The minimum absolute atomic E-state index is 0.415. The Morgan fingerprint density at radius 1 is 1.23 bits per heavy atom. The average molecular weight is 188 g/mol. The summed E-state index contributed by atoms with van der Waals surface area (Å²) in [7, 11) is 0. The van der Waals surface area contributed by atoms with Crippen molar-refractivity contribution in [3.05, 3.63) is 42.1 Å². The van der Waals surface area contributed by atoms with Gasteiger partial charge in [-0.2, -0.15) is 0 Å². The number of nitrogens with zero attached hydrogens (tertiary/aromatic N) is 1. The van der Waals surface area contributed by atoms with E-state index >= 15 is 0 Å². The first kappa shape index (κ1) is 8.13. The van der Waals surface area contributed by atoms with Crippen molar-refractivity contribution < 1.29 is 0 Å². The van der Waals surface area contributed by atoms with Crippen LogP contribution in [0.1, 0.15) is 5.56 Å². The third-order valence-corrected chi connectivity index (χ3v) is 2.13. The maximum atomic E-state index is 5.58. The van der Waals surface area contributed by atoms with Crippen molar-refractivity contribution in [1.29, 1.82) is 0 Å². The monoisotopic (exact) mass is 188 g/mol. The van der Waals surface area contributed by atoms with E-state index in [1.807, 2.05) is 30.3 Å². The Balaban J connectivity index is 2.83. The second-order valence-corrected chi connectivity index (χ2v) is 3.18. The molecule has 3 heteroatoms. The Hall–Kier alpha value is -1.48. The third kappa shape index (κ3) is 1.38. The second-order valence-electron chi connectivity index (χ2n) is 2.74. The predicted octanol–water partition coefficient (Wildman–Crippen LogP) is 1.87. The SMILES string of the molecule is NC(=S)c1ccnc2ccccc12. The van der Waals surface area contributed by atoms with Gasteiger partial charge in [-0.15, -0.1) is 0 Å². The van der Waals surface area contributed by atoms with Gasteiger partial charge in [-0.05, 0) is 12.1 Å². The first-order valence-corrected chi connectivity index (χ1v) is 4.33. The number of pyridine rings is 1. The zero-order valence-corrected chi connectivity index (χ0v) is 7.71. The number of hydrogen-bond donors (Lipinski definition) is 1. The quantitative estimate of drug-likeness (QED) is 0.694. The molecule has 1 aromatic carbocycles. The molecule has 0 atom stereocenters. The molecule has 0 spiro atoms. The zero-order chi connectivity index (χ0) is 9.26. The van der Waals surface area contributed by atoms with Crippen molar-refractivity contribution in [3.8, 4) is 0 Å². The molecule has 2 N–H and O–H groups in total. The van der Waals surface area contributed by atoms with Crippen LogP contribution in [0.3, 0.4) is 0 Å². The highest BCUT2D eigenvalue weighted by Gasteiger charge is 2.01. The van der Waals surface area contributed by atoms with E-state index in [1.165, 1.54) is 0 Å². The van der Waals surface area contributed by atoms with Crippen LogP contribution in [0.15, 0.2) is 36.5 Å². The van der Waals surface area contributed by atoms with Crippen LogP contribution < -0.4 is 5.73 Å². The number of benzene rings is 1. The molecule has 1 aromatic heterocycles. The van der Waals surface area contributed by atoms with Gasteiger partial charge in [0.05, 0.1) is 5.52 Å². The molecule has 0 saturated heterocycles. The molecule has 64 valence electrons. The largest absolute Gasteiger partial charge is 0.389 e. The van der Waals surface area contributed by atoms with E-state index in [4.69, 9.17) is 18.0 Å². The number of thiocarbonyl (C=S) groups is 1. The molecule has 13 heavy (non-hydrogen) atoms. The number of rotatable bonds is 1. The van der Waals surface area contributed by atoms with Crippen LogP contribution in [0.2, 0.25) is 0 Å². The van der Waals surface area contributed by atoms with Gasteiger partial charge < -0.3 is 5.73 Å². The Kier molecular flexibility index (Phi) is 1.94. The van der Waals surface area contributed by atoms with Crippen molar-refractivity contribution in [2.75, 3.05) is 0 Å². The summed E-state index contributed by atoms with van der Waals surface area (Å²) < 4.78 is 0. The lowest BCUT2D eigenvalue weighted by atomic mass is 10.1. The van der Waals surface area contributed by atoms with Crippen molar-refractivity contribution in [2.45, 2.75) is 0 Å². The maximum absolute atomic E-state index is 5.58. The minimum Gasteiger partial charge on any atom is -0.389 e. The van der Waals surface area contributed by atoms with Crippen molar-refractivity contribution in [3.63, 3.8) is 0 Å². The van der Waals surface area contributed by atoms with Gasteiger partial charge in [-0.3, -0.25) is 4.98 Å². The van der Waals surface area contributed by atoms with Crippen LogP contribution in [-0.4, -0.2) is 9.97 Å². The molecular weight excluding hydrogens is 180 g/mol. The van der Waals surface area contributed by atoms with Crippen molar-refractivity contribution >= 4 is 28.1 Å². The molecule has 0 aliphatic carbocycles. The molecule has 0 aliphatic heterocycles. The Morgan fingerprint density at radius 2 is 2.00 bits per heavy atom. The molecule has 1 heterocycles. The molecule has 0 amide bonds. The Morgan fingerprint density at radius 3 is 2.77 bits per heavy atom. The highest BCUT2D eigenvalue weighted by atomic mass is 32.1. The van der Waals surface area contributed by atoms with Crippen LogP contribution in [-0.2, 0) is 0 Å². The number of fused-ring (bicyclic) bond motifs is 1. The molecule has 0 radical (unpaired) electrons. The smallest absolute Gasteiger partial charge is 0.104 e. The lowest BCUT2D eigenvalue weighted by molar-refractivity contribution is 1.40. The molecule has 0 unspecified atom stereocenters. The van der Waals surface area contributed by atoms with Crippen molar-refractivity contribution in [2.24, 2.45) is 5.73 Å². The molecule has 0 bridgehead atoms. The lowest BCUT2D eigenvalue weighted by Gasteiger charge is -2.02. The summed E-state index contributed by atoms with van der Waals surface area (Å²) in [5.41, 5.74) is 7.40. The van der Waals surface area contributed by atoms with Gasteiger partial charge in [0.2, 0.25) is 0 Å². The van der Waals surface area contributed by atoms with Gasteiger partial charge >= 0.3 is 0 Å². The van der Waals surface area contributed by atoms with E-state index < -0.39 is 0 Å². The number of para-hydroxylation sites is 1. The topological polar surface area (TPSA) is 38.9 Å². The van der Waals surface area contributed by atoms with Gasteiger partial charge in [-0.1, -0.05) is 30.4 Å². The van der Waals surface area contributed by atoms with E-state index in [0.717, 1.165) is 16.5 Å². The van der Waals surface area contributed by atoms with Gasteiger partial charge in [-0.25, -0.2) is 0 Å². The first-order chi connectivity index (χ1) is 6.29. The fourth-order valence-electron chi connectivity index (χ4n) is 1.31. The molecule has 2 rings (SSSR count). The fourth-order valence-corrected chi connectivity index (χ4v) is 1.49. The first-order valence-electron chi connectivity index (χ1n) is 3.92. The van der Waals surface area contributed by atoms with Crippen LogP contribution in [0.25, 0.3) is 10.9 Å². The number of aromatic nitrogens is 1. The standard InChI is InChI=1S/C10H8N2S/c11-10(13)8-5-6-12-9-4-2-1-3-7(8)9/h1-6H,(H2,11,13). The summed E-state index contributed by atoms with van der Waals surface area (Å²) >= 11 is 4.94. The highest BCUT2D eigenvalue weighted by Crippen LogP contribution is 2.15. The number of hydrogen-bond acceptors (Lipinski definition) is 2. The molecule has 0 fully saturated rings. The molecular formula is C10H8N2S. The van der Waals surface area contributed by atoms with E-state index in [0.29, 0.717) is 4.99 Å². The summed E-state index contributed by atoms with van der Waals surface area (Å²) in [4.78, 5) is 4.62. The van der Waals surface area contributed by atoms with Gasteiger partial charge in [0.1, 0.15) is 4.99 Å².